The van der Waals surface area contributed by atoms with Crippen molar-refractivity contribution in [2.45, 2.75) is 13.0 Å². The van der Waals surface area contributed by atoms with Crippen molar-refractivity contribution in [3.63, 3.8) is 0 Å². The molecular formula is C26H30N4O2. The van der Waals surface area contributed by atoms with Gasteiger partial charge in [0.05, 0.1) is 0 Å². The van der Waals surface area contributed by atoms with E-state index >= 15 is 0 Å². The van der Waals surface area contributed by atoms with E-state index in [2.05, 4.69) is 15.6 Å². The third-order valence-corrected chi connectivity index (χ3v) is 4.87. The summed E-state index contributed by atoms with van der Waals surface area (Å²) >= 11 is 0. The molecule has 6 heteroatoms. The first kappa shape index (κ1) is 22.9. The number of para-hydroxylation sites is 1. The lowest BCUT2D eigenvalue weighted by molar-refractivity contribution is 0.0827. The van der Waals surface area contributed by atoms with Crippen molar-refractivity contribution in [2.75, 3.05) is 27.7 Å². The number of hydrogen-bond acceptors (Lipinski definition) is 3. The molecule has 0 aromatic heterocycles. The molecule has 166 valence electrons. The van der Waals surface area contributed by atoms with E-state index in [1.54, 1.807) is 26.0 Å². The van der Waals surface area contributed by atoms with E-state index in [9.17, 15) is 4.79 Å². The topological polar surface area (TPSA) is 66.0 Å². The number of hydrogen-bond donors (Lipinski definition) is 2. The van der Waals surface area contributed by atoms with Gasteiger partial charge in [0, 0.05) is 39.8 Å². The van der Waals surface area contributed by atoms with Crippen molar-refractivity contribution >= 4 is 11.9 Å². The first-order valence-corrected chi connectivity index (χ1v) is 10.6. The van der Waals surface area contributed by atoms with Gasteiger partial charge in [-0.1, -0.05) is 42.5 Å². The highest BCUT2D eigenvalue weighted by Crippen LogP contribution is 2.21. The van der Waals surface area contributed by atoms with Gasteiger partial charge >= 0.3 is 0 Å². The van der Waals surface area contributed by atoms with Crippen LogP contribution in [0.5, 0.6) is 11.5 Å². The molecule has 6 nitrogen and oxygen atoms in total. The van der Waals surface area contributed by atoms with Crippen molar-refractivity contribution in [1.82, 2.24) is 15.5 Å². The normalized spacial score (nSPS) is 11.0. The second-order valence-electron chi connectivity index (χ2n) is 7.56. The predicted octanol–water partition coefficient (Wildman–Crippen LogP) is 4.09. The van der Waals surface area contributed by atoms with E-state index in [-0.39, 0.29) is 5.91 Å². The van der Waals surface area contributed by atoms with Gasteiger partial charge < -0.3 is 20.3 Å². The van der Waals surface area contributed by atoms with Gasteiger partial charge in [0.15, 0.2) is 5.96 Å². The van der Waals surface area contributed by atoms with Crippen molar-refractivity contribution in [3.05, 3.63) is 95.6 Å². The summed E-state index contributed by atoms with van der Waals surface area (Å²) in [4.78, 5) is 18.0. The summed E-state index contributed by atoms with van der Waals surface area (Å²) in [7, 11) is 5.27. The summed E-state index contributed by atoms with van der Waals surface area (Å²) in [6.07, 6.45) is 0.792. The molecule has 0 saturated carbocycles. The lowest BCUT2D eigenvalue weighted by Gasteiger charge is -2.13. The molecule has 0 radical (unpaired) electrons. The first-order chi connectivity index (χ1) is 15.5. The van der Waals surface area contributed by atoms with Crippen LogP contribution >= 0.6 is 0 Å². The van der Waals surface area contributed by atoms with Gasteiger partial charge in [0.25, 0.3) is 5.91 Å². The van der Waals surface area contributed by atoms with Crippen LogP contribution in [0.25, 0.3) is 0 Å². The fraction of sp³-hybridized carbons (Fsp3) is 0.231. The minimum Gasteiger partial charge on any atom is -0.457 e. The van der Waals surface area contributed by atoms with Gasteiger partial charge in [0.1, 0.15) is 11.5 Å². The number of amides is 1. The van der Waals surface area contributed by atoms with Gasteiger partial charge in [0.2, 0.25) is 0 Å². The molecule has 0 fully saturated rings. The standard InChI is InChI=1S/C26H30N4O2/c1-27-26(28-17-16-20-8-7-9-22(18-20)25(31)30(2)3)29-19-21-12-14-24(15-13-21)32-23-10-5-4-6-11-23/h4-15,18H,16-17,19H2,1-3H3,(H2,27,28,29). The zero-order valence-corrected chi connectivity index (χ0v) is 18.8. The number of guanidine groups is 1. The molecule has 0 atom stereocenters. The molecule has 0 spiro atoms. The first-order valence-electron chi connectivity index (χ1n) is 10.6. The second kappa shape index (κ2) is 11.6. The van der Waals surface area contributed by atoms with Crippen LogP contribution < -0.4 is 15.4 Å². The molecule has 0 heterocycles. The Morgan fingerprint density at radius 3 is 2.28 bits per heavy atom. The molecule has 0 aliphatic rings. The zero-order valence-electron chi connectivity index (χ0n) is 18.8. The highest BCUT2D eigenvalue weighted by Gasteiger charge is 2.08. The van der Waals surface area contributed by atoms with Gasteiger partial charge in [-0.2, -0.15) is 0 Å². The second-order valence-corrected chi connectivity index (χ2v) is 7.56. The lowest BCUT2D eigenvalue weighted by atomic mass is 10.1. The SMILES string of the molecule is CN=C(NCCc1cccc(C(=O)N(C)C)c1)NCc1ccc(Oc2ccccc2)cc1. The quantitative estimate of drug-likeness (QED) is 0.417. The lowest BCUT2D eigenvalue weighted by Crippen LogP contribution is -2.37. The van der Waals surface area contributed by atoms with Crippen molar-refractivity contribution < 1.29 is 9.53 Å². The molecular weight excluding hydrogens is 400 g/mol. The maximum atomic E-state index is 12.1. The summed E-state index contributed by atoms with van der Waals surface area (Å²) in [5, 5.41) is 6.65. The molecule has 32 heavy (non-hydrogen) atoms. The summed E-state index contributed by atoms with van der Waals surface area (Å²) in [5.74, 6) is 2.37. The molecule has 0 saturated heterocycles. The van der Waals surface area contributed by atoms with Crippen molar-refractivity contribution in [3.8, 4) is 11.5 Å². The summed E-state index contributed by atoms with van der Waals surface area (Å²) in [6.45, 7) is 1.36. The predicted molar refractivity (Wildman–Crippen MR) is 129 cm³/mol. The number of nitrogens with one attached hydrogen (secondary N) is 2. The number of aliphatic imine (C=N–C) groups is 1. The number of carbonyl (C=O) groups is 1. The van der Waals surface area contributed by atoms with Gasteiger partial charge in [-0.25, -0.2) is 0 Å². The van der Waals surface area contributed by atoms with Crippen molar-refractivity contribution in [2.24, 2.45) is 4.99 Å². The van der Waals surface area contributed by atoms with Crippen LogP contribution in [0.4, 0.5) is 0 Å². The number of ether oxygens (including phenoxy) is 1. The van der Waals surface area contributed by atoms with E-state index in [1.807, 2.05) is 78.9 Å². The van der Waals surface area contributed by atoms with E-state index in [0.29, 0.717) is 18.7 Å². The molecule has 0 bridgehead atoms. The van der Waals surface area contributed by atoms with Crippen LogP contribution in [0, 0.1) is 0 Å². The van der Waals surface area contributed by atoms with Crippen LogP contribution in [-0.4, -0.2) is 44.5 Å². The highest BCUT2D eigenvalue weighted by molar-refractivity contribution is 5.94. The maximum Gasteiger partial charge on any atom is 0.253 e. The Morgan fingerprint density at radius 2 is 1.59 bits per heavy atom. The van der Waals surface area contributed by atoms with Crippen LogP contribution in [0.2, 0.25) is 0 Å². The number of benzene rings is 3. The van der Waals surface area contributed by atoms with E-state index in [1.165, 1.54) is 0 Å². The Balaban J connectivity index is 1.45. The fourth-order valence-electron chi connectivity index (χ4n) is 3.15. The number of rotatable bonds is 8. The highest BCUT2D eigenvalue weighted by atomic mass is 16.5. The van der Waals surface area contributed by atoms with Gasteiger partial charge in [-0.3, -0.25) is 9.79 Å². The third kappa shape index (κ3) is 6.87. The molecule has 3 aromatic carbocycles. The van der Waals surface area contributed by atoms with E-state index in [4.69, 9.17) is 4.74 Å². The summed E-state index contributed by atoms with van der Waals surface area (Å²) < 4.78 is 5.83. The van der Waals surface area contributed by atoms with Crippen LogP contribution in [-0.2, 0) is 13.0 Å². The van der Waals surface area contributed by atoms with Gasteiger partial charge in [-0.05, 0) is 53.9 Å². The molecule has 0 aliphatic heterocycles. The van der Waals surface area contributed by atoms with Crippen molar-refractivity contribution in [1.29, 1.82) is 0 Å². The summed E-state index contributed by atoms with van der Waals surface area (Å²) in [5.41, 5.74) is 2.94. The van der Waals surface area contributed by atoms with Crippen LogP contribution in [0.1, 0.15) is 21.5 Å². The van der Waals surface area contributed by atoms with E-state index < -0.39 is 0 Å². The summed E-state index contributed by atoms with van der Waals surface area (Å²) in [6, 6.07) is 25.5. The molecule has 3 aromatic rings. The van der Waals surface area contributed by atoms with Crippen LogP contribution in [0.15, 0.2) is 83.9 Å². The average molecular weight is 431 g/mol. The molecule has 2 N–H and O–H groups in total. The molecule has 1 amide bonds. The molecule has 0 aliphatic carbocycles. The average Bonchev–Trinajstić information content (AvgIpc) is 2.82. The number of carbonyl (C=O) groups excluding carboxylic acids is 1. The van der Waals surface area contributed by atoms with E-state index in [0.717, 1.165) is 35.0 Å². The Bertz CT molecular complexity index is 1030. The zero-order chi connectivity index (χ0) is 22.8. The largest absolute Gasteiger partial charge is 0.457 e. The third-order valence-electron chi connectivity index (χ3n) is 4.87. The minimum atomic E-state index is 0.0115. The van der Waals surface area contributed by atoms with Crippen LogP contribution in [0.3, 0.4) is 0 Å². The Morgan fingerprint density at radius 1 is 0.875 bits per heavy atom. The Labute approximate surface area is 189 Å². The smallest absolute Gasteiger partial charge is 0.253 e. The minimum absolute atomic E-state index is 0.0115. The molecule has 0 unspecified atom stereocenters. The Hall–Kier alpha value is -3.80. The van der Waals surface area contributed by atoms with Gasteiger partial charge in [-0.15, -0.1) is 0 Å². The fourth-order valence-corrected chi connectivity index (χ4v) is 3.15. The maximum absolute atomic E-state index is 12.1. The molecule has 3 rings (SSSR count). The monoisotopic (exact) mass is 430 g/mol. The number of nitrogens with zero attached hydrogens (tertiary/aromatic N) is 2. The Kier molecular flexibility index (Phi) is 8.26.